The zero-order valence-corrected chi connectivity index (χ0v) is 8.08. The Morgan fingerprint density at radius 2 is 2.29 bits per heavy atom. The summed E-state index contributed by atoms with van der Waals surface area (Å²) in [6.07, 6.45) is 0. The Hall–Kier alpha value is -1.77. The maximum absolute atomic E-state index is 10.4. The van der Waals surface area contributed by atoms with E-state index in [1.165, 1.54) is 0 Å². The van der Waals surface area contributed by atoms with Gasteiger partial charge < -0.3 is 10.4 Å². The van der Waals surface area contributed by atoms with Gasteiger partial charge in [0.25, 0.3) is 0 Å². The van der Waals surface area contributed by atoms with Gasteiger partial charge in [0.05, 0.1) is 0 Å². The van der Waals surface area contributed by atoms with Crippen LogP contribution in [0.3, 0.4) is 0 Å². The number of hydrogen-bond acceptors (Lipinski definition) is 2. The number of nitrogens with one attached hydrogen (secondary N) is 1. The standard InChI is InChI=1S/C11H13NO2/c1-8-4-3-5-10(6-8)12-7-9(2)11(13)14/h3-6,12H,2,7H2,1H3,(H,13,14). The Bertz CT molecular complexity index is 358. The first kappa shape index (κ1) is 10.3. The summed E-state index contributed by atoms with van der Waals surface area (Å²) >= 11 is 0. The van der Waals surface area contributed by atoms with Gasteiger partial charge in [0, 0.05) is 17.8 Å². The molecule has 3 heteroatoms. The molecule has 0 unspecified atom stereocenters. The molecule has 1 rings (SSSR count). The molecule has 0 saturated carbocycles. The molecule has 1 aromatic carbocycles. The van der Waals surface area contributed by atoms with E-state index in [-0.39, 0.29) is 12.1 Å². The van der Waals surface area contributed by atoms with Crippen LogP contribution >= 0.6 is 0 Å². The van der Waals surface area contributed by atoms with Gasteiger partial charge in [0.1, 0.15) is 0 Å². The minimum Gasteiger partial charge on any atom is -0.478 e. The molecule has 3 nitrogen and oxygen atoms in total. The Morgan fingerprint density at radius 3 is 2.86 bits per heavy atom. The van der Waals surface area contributed by atoms with Crippen LogP contribution in [0, 0.1) is 6.92 Å². The van der Waals surface area contributed by atoms with Gasteiger partial charge in [0.15, 0.2) is 0 Å². The highest BCUT2D eigenvalue weighted by Crippen LogP contribution is 2.09. The molecule has 0 radical (unpaired) electrons. The van der Waals surface area contributed by atoms with Gasteiger partial charge in [0.2, 0.25) is 0 Å². The largest absolute Gasteiger partial charge is 0.478 e. The van der Waals surface area contributed by atoms with E-state index in [2.05, 4.69) is 11.9 Å². The van der Waals surface area contributed by atoms with E-state index < -0.39 is 5.97 Å². The van der Waals surface area contributed by atoms with Crippen LogP contribution in [0.4, 0.5) is 5.69 Å². The maximum atomic E-state index is 10.4. The predicted octanol–water partition coefficient (Wildman–Crippen LogP) is 2.05. The van der Waals surface area contributed by atoms with Crippen LogP contribution in [0.25, 0.3) is 0 Å². The van der Waals surface area contributed by atoms with Gasteiger partial charge in [-0.2, -0.15) is 0 Å². The molecule has 14 heavy (non-hydrogen) atoms. The summed E-state index contributed by atoms with van der Waals surface area (Å²) in [5.74, 6) is -0.967. The molecule has 0 saturated heterocycles. The number of aliphatic carboxylic acids is 1. The van der Waals surface area contributed by atoms with Crippen molar-refractivity contribution in [2.75, 3.05) is 11.9 Å². The van der Waals surface area contributed by atoms with Gasteiger partial charge in [-0.15, -0.1) is 0 Å². The Balaban J connectivity index is 2.54. The third-order valence-electron chi connectivity index (χ3n) is 1.83. The first-order valence-corrected chi connectivity index (χ1v) is 4.31. The van der Waals surface area contributed by atoms with Crippen molar-refractivity contribution < 1.29 is 9.90 Å². The first-order valence-electron chi connectivity index (χ1n) is 4.31. The van der Waals surface area contributed by atoms with E-state index in [1.54, 1.807) is 0 Å². The molecule has 2 N–H and O–H groups in total. The highest BCUT2D eigenvalue weighted by Gasteiger charge is 2.02. The zero-order valence-electron chi connectivity index (χ0n) is 8.08. The van der Waals surface area contributed by atoms with Crippen molar-refractivity contribution in [3.05, 3.63) is 42.0 Å². The van der Waals surface area contributed by atoms with Gasteiger partial charge in [-0.05, 0) is 24.6 Å². The lowest BCUT2D eigenvalue weighted by Gasteiger charge is -2.06. The van der Waals surface area contributed by atoms with Crippen LogP contribution in [0.1, 0.15) is 5.56 Å². The molecule has 74 valence electrons. The van der Waals surface area contributed by atoms with Crippen molar-refractivity contribution in [1.82, 2.24) is 0 Å². The van der Waals surface area contributed by atoms with Gasteiger partial charge >= 0.3 is 5.97 Å². The van der Waals surface area contributed by atoms with Crippen molar-refractivity contribution in [3.63, 3.8) is 0 Å². The lowest BCUT2D eigenvalue weighted by Crippen LogP contribution is -2.11. The van der Waals surface area contributed by atoms with Gasteiger partial charge in [-0.3, -0.25) is 0 Å². The molecule has 0 fully saturated rings. The number of rotatable bonds is 4. The second kappa shape index (κ2) is 4.46. The van der Waals surface area contributed by atoms with Crippen molar-refractivity contribution in [1.29, 1.82) is 0 Å². The normalized spacial score (nSPS) is 9.50. The fraction of sp³-hybridized carbons (Fsp3) is 0.182. The van der Waals surface area contributed by atoms with Crippen LogP contribution in [0.15, 0.2) is 36.4 Å². The molecule has 0 heterocycles. The SMILES string of the molecule is C=C(CNc1cccc(C)c1)C(=O)O. The van der Waals surface area contributed by atoms with Crippen LogP contribution in [-0.4, -0.2) is 17.6 Å². The van der Waals surface area contributed by atoms with Crippen LogP contribution < -0.4 is 5.32 Å². The van der Waals surface area contributed by atoms with E-state index in [1.807, 2.05) is 31.2 Å². The molecule has 0 bridgehead atoms. The van der Waals surface area contributed by atoms with Gasteiger partial charge in [-0.1, -0.05) is 18.7 Å². The Labute approximate surface area is 83.1 Å². The molecule has 0 aromatic heterocycles. The lowest BCUT2D eigenvalue weighted by molar-refractivity contribution is -0.132. The monoisotopic (exact) mass is 191 g/mol. The molecule has 0 aliphatic heterocycles. The smallest absolute Gasteiger partial charge is 0.332 e. The lowest BCUT2D eigenvalue weighted by atomic mass is 10.2. The zero-order chi connectivity index (χ0) is 10.6. The summed E-state index contributed by atoms with van der Waals surface area (Å²) < 4.78 is 0. The van der Waals surface area contributed by atoms with E-state index in [4.69, 9.17) is 5.11 Å². The van der Waals surface area contributed by atoms with Gasteiger partial charge in [-0.25, -0.2) is 4.79 Å². The summed E-state index contributed by atoms with van der Waals surface area (Å²) in [5, 5.41) is 11.6. The quantitative estimate of drug-likeness (QED) is 0.716. The number of carboxylic acids is 1. The van der Waals surface area contributed by atoms with Crippen LogP contribution in [0.5, 0.6) is 0 Å². The van der Waals surface area contributed by atoms with Crippen LogP contribution in [-0.2, 0) is 4.79 Å². The average molecular weight is 191 g/mol. The minimum absolute atomic E-state index is 0.159. The van der Waals surface area contributed by atoms with E-state index >= 15 is 0 Å². The number of carbonyl (C=O) groups is 1. The molecule has 0 aliphatic carbocycles. The summed E-state index contributed by atoms with van der Waals surface area (Å²) in [4.78, 5) is 10.4. The number of aryl methyl sites for hydroxylation is 1. The molecular formula is C11H13NO2. The molecule has 0 aliphatic rings. The number of carboxylic acid groups (broad SMARTS) is 1. The van der Waals surface area contributed by atoms with Crippen molar-refractivity contribution >= 4 is 11.7 Å². The second-order valence-corrected chi connectivity index (χ2v) is 3.13. The minimum atomic E-state index is -0.967. The fourth-order valence-electron chi connectivity index (χ4n) is 1.04. The maximum Gasteiger partial charge on any atom is 0.332 e. The Kier molecular flexibility index (Phi) is 3.29. The molecule has 1 aromatic rings. The van der Waals surface area contributed by atoms with E-state index in [0.29, 0.717) is 0 Å². The van der Waals surface area contributed by atoms with Crippen molar-refractivity contribution in [2.24, 2.45) is 0 Å². The average Bonchev–Trinajstić information content (AvgIpc) is 2.14. The number of hydrogen-bond donors (Lipinski definition) is 2. The summed E-state index contributed by atoms with van der Waals surface area (Å²) in [5.41, 5.74) is 2.20. The molecular weight excluding hydrogens is 178 g/mol. The summed E-state index contributed by atoms with van der Waals surface area (Å²) in [7, 11) is 0. The fourth-order valence-corrected chi connectivity index (χ4v) is 1.04. The summed E-state index contributed by atoms with van der Waals surface area (Å²) in [6, 6.07) is 7.75. The first-order chi connectivity index (χ1) is 6.59. The molecule has 0 amide bonds. The molecule has 0 atom stereocenters. The third kappa shape index (κ3) is 2.94. The topological polar surface area (TPSA) is 49.3 Å². The number of benzene rings is 1. The number of anilines is 1. The van der Waals surface area contributed by atoms with Crippen LogP contribution in [0.2, 0.25) is 0 Å². The second-order valence-electron chi connectivity index (χ2n) is 3.13. The highest BCUT2D eigenvalue weighted by atomic mass is 16.4. The predicted molar refractivity (Wildman–Crippen MR) is 56.4 cm³/mol. The summed E-state index contributed by atoms with van der Waals surface area (Å²) in [6.45, 7) is 5.68. The molecule has 0 spiro atoms. The Morgan fingerprint density at radius 1 is 1.57 bits per heavy atom. The van der Waals surface area contributed by atoms with E-state index in [9.17, 15) is 4.79 Å². The van der Waals surface area contributed by atoms with E-state index in [0.717, 1.165) is 11.3 Å². The third-order valence-corrected chi connectivity index (χ3v) is 1.83. The highest BCUT2D eigenvalue weighted by molar-refractivity contribution is 5.86. The van der Waals surface area contributed by atoms with Crippen molar-refractivity contribution in [3.8, 4) is 0 Å². The van der Waals surface area contributed by atoms with Crippen molar-refractivity contribution in [2.45, 2.75) is 6.92 Å².